The predicted octanol–water partition coefficient (Wildman–Crippen LogP) is 1.80. The van der Waals surface area contributed by atoms with Crippen molar-refractivity contribution in [2.24, 2.45) is 5.73 Å². The van der Waals surface area contributed by atoms with E-state index in [9.17, 15) is 24.3 Å². The summed E-state index contributed by atoms with van der Waals surface area (Å²) >= 11 is 0. The monoisotopic (exact) mass is 599 g/mol. The summed E-state index contributed by atoms with van der Waals surface area (Å²) < 4.78 is 0. The van der Waals surface area contributed by atoms with Gasteiger partial charge in [-0.25, -0.2) is 0 Å². The largest absolute Gasteiger partial charge is 0.508 e. The molecule has 10 nitrogen and oxygen atoms in total. The lowest BCUT2D eigenvalue weighted by molar-refractivity contribution is -0.140. The van der Waals surface area contributed by atoms with E-state index in [1.807, 2.05) is 60.7 Å². The molecule has 0 aromatic heterocycles. The Morgan fingerprint density at radius 1 is 0.818 bits per heavy atom. The smallest absolute Gasteiger partial charge is 0.244 e. The third-order valence-corrected chi connectivity index (χ3v) is 7.80. The summed E-state index contributed by atoms with van der Waals surface area (Å²) in [7, 11) is 3.27. The molecule has 4 rings (SSSR count). The zero-order chi connectivity index (χ0) is 31.6. The third kappa shape index (κ3) is 8.67. The first kappa shape index (κ1) is 32.2. The van der Waals surface area contributed by atoms with Crippen molar-refractivity contribution in [1.82, 2.24) is 20.4 Å². The van der Waals surface area contributed by atoms with Gasteiger partial charge in [0, 0.05) is 33.5 Å². The Morgan fingerprint density at radius 2 is 1.36 bits per heavy atom. The van der Waals surface area contributed by atoms with E-state index < -0.39 is 36.0 Å². The number of benzene rings is 3. The van der Waals surface area contributed by atoms with Gasteiger partial charge in [0.1, 0.15) is 23.9 Å². The number of aromatic hydroxyl groups is 1. The van der Waals surface area contributed by atoms with E-state index in [0.717, 1.165) is 16.7 Å². The molecule has 0 spiro atoms. The molecular weight excluding hydrogens is 558 g/mol. The Hall–Kier alpha value is -4.70. The molecule has 3 aromatic carbocycles. The molecule has 0 aliphatic carbocycles. The molecule has 0 saturated carbocycles. The van der Waals surface area contributed by atoms with Gasteiger partial charge >= 0.3 is 0 Å². The fourth-order valence-electron chi connectivity index (χ4n) is 5.45. The number of likely N-dealkylation sites (tertiary alicyclic amines) is 1. The second kappa shape index (κ2) is 15.2. The fraction of sp³-hybridized carbons (Fsp3) is 0.353. The Labute approximate surface area is 258 Å². The Bertz CT molecular complexity index is 1410. The summed E-state index contributed by atoms with van der Waals surface area (Å²) in [6.45, 7) is 0.381. The number of rotatable bonds is 12. The van der Waals surface area contributed by atoms with Gasteiger partial charge in [0.15, 0.2) is 0 Å². The van der Waals surface area contributed by atoms with E-state index in [-0.39, 0.29) is 30.4 Å². The molecule has 4 atom stereocenters. The fourth-order valence-corrected chi connectivity index (χ4v) is 5.45. The standard InChI is InChI=1S/C34H41N5O5/c1-38(2)34(44)29(22-24-12-7-4-8-13-24)37-31(41)28(21-23-10-5-3-6-11-23)36-32(42)30-14-9-19-39(30)33(43)27(35)20-25-15-17-26(40)18-16-25/h3-8,10-13,15-18,27-30,40H,9,14,19-22,35H2,1-2H3,(H,36,42)(H,37,41). The van der Waals surface area contributed by atoms with Crippen LogP contribution in [0.3, 0.4) is 0 Å². The Morgan fingerprint density at radius 3 is 1.93 bits per heavy atom. The Balaban J connectivity index is 1.49. The van der Waals surface area contributed by atoms with Gasteiger partial charge in [-0.05, 0) is 48.1 Å². The van der Waals surface area contributed by atoms with Crippen molar-refractivity contribution in [2.45, 2.75) is 56.3 Å². The summed E-state index contributed by atoms with van der Waals surface area (Å²) in [6, 6.07) is 21.7. The number of phenolic OH excluding ortho intramolecular Hbond substituents is 1. The van der Waals surface area contributed by atoms with Gasteiger partial charge in [-0.3, -0.25) is 19.2 Å². The number of nitrogens with zero attached hydrogens (tertiary/aromatic N) is 2. The maximum atomic E-state index is 13.8. The SMILES string of the molecule is CN(C)C(=O)C(Cc1ccccc1)NC(=O)C(Cc1ccccc1)NC(=O)C1CCCN1C(=O)C(N)Cc1ccc(O)cc1. The number of hydrogen-bond acceptors (Lipinski definition) is 6. The number of nitrogens with one attached hydrogen (secondary N) is 2. The number of carbonyl (C=O) groups excluding carboxylic acids is 4. The third-order valence-electron chi connectivity index (χ3n) is 7.80. The van der Waals surface area contributed by atoms with Gasteiger partial charge < -0.3 is 31.3 Å². The minimum absolute atomic E-state index is 0.122. The summed E-state index contributed by atoms with van der Waals surface area (Å²) in [5, 5.41) is 15.3. The molecule has 1 heterocycles. The second-order valence-electron chi connectivity index (χ2n) is 11.4. The van der Waals surface area contributed by atoms with Crippen LogP contribution in [0, 0.1) is 0 Å². The molecule has 1 aliphatic rings. The molecule has 0 radical (unpaired) electrons. The first-order chi connectivity index (χ1) is 21.1. The zero-order valence-corrected chi connectivity index (χ0v) is 25.2. The molecule has 1 saturated heterocycles. The van der Waals surface area contributed by atoms with Gasteiger partial charge in [-0.1, -0.05) is 72.8 Å². The molecule has 3 aromatic rings. The highest BCUT2D eigenvalue weighted by Gasteiger charge is 2.38. The average Bonchev–Trinajstić information content (AvgIpc) is 3.52. The summed E-state index contributed by atoms with van der Waals surface area (Å²) in [5.74, 6) is -1.42. The van der Waals surface area contributed by atoms with E-state index in [1.165, 1.54) is 21.9 Å². The topological polar surface area (TPSA) is 145 Å². The van der Waals surface area contributed by atoms with Crippen molar-refractivity contribution < 1.29 is 24.3 Å². The molecule has 1 fully saturated rings. The van der Waals surface area contributed by atoms with Crippen LogP contribution in [0.2, 0.25) is 0 Å². The normalized spacial score (nSPS) is 16.4. The minimum atomic E-state index is -0.985. The lowest BCUT2D eigenvalue weighted by Gasteiger charge is -2.29. The van der Waals surface area contributed by atoms with Crippen LogP contribution in [-0.4, -0.2) is 83.3 Å². The first-order valence-electron chi connectivity index (χ1n) is 14.9. The van der Waals surface area contributed by atoms with Gasteiger partial charge in [0.05, 0.1) is 6.04 Å². The van der Waals surface area contributed by atoms with E-state index in [0.29, 0.717) is 25.8 Å². The highest BCUT2D eigenvalue weighted by atomic mass is 16.3. The van der Waals surface area contributed by atoms with Crippen LogP contribution in [0.25, 0.3) is 0 Å². The predicted molar refractivity (Wildman–Crippen MR) is 167 cm³/mol. The summed E-state index contributed by atoms with van der Waals surface area (Å²) in [5.41, 5.74) is 8.78. The van der Waals surface area contributed by atoms with Crippen LogP contribution in [0.1, 0.15) is 29.5 Å². The van der Waals surface area contributed by atoms with Crippen LogP contribution in [0.4, 0.5) is 0 Å². The maximum absolute atomic E-state index is 13.8. The van der Waals surface area contributed by atoms with Crippen molar-refractivity contribution in [3.63, 3.8) is 0 Å². The quantitative estimate of drug-likeness (QED) is 0.250. The lowest BCUT2D eigenvalue weighted by Crippen LogP contribution is -2.58. The molecule has 0 bridgehead atoms. The number of amides is 4. The zero-order valence-electron chi connectivity index (χ0n) is 25.2. The van der Waals surface area contributed by atoms with Gasteiger partial charge in [-0.15, -0.1) is 0 Å². The highest BCUT2D eigenvalue weighted by Crippen LogP contribution is 2.20. The molecule has 44 heavy (non-hydrogen) atoms. The van der Waals surface area contributed by atoms with Crippen molar-refractivity contribution in [2.75, 3.05) is 20.6 Å². The van der Waals surface area contributed by atoms with E-state index in [4.69, 9.17) is 5.73 Å². The van der Waals surface area contributed by atoms with E-state index in [1.54, 1.807) is 26.2 Å². The molecular formula is C34H41N5O5. The van der Waals surface area contributed by atoms with Crippen LogP contribution in [-0.2, 0) is 38.4 Å². The molecule has 1 aliphatic heterocycles. The van der Waals surface area contributed by atoms with Gasteiger partial charge in [0.2, 0.25) is 23.6 Å². The Kier molecular flexibility index (Phi) is 11.1. The van der Waals surface area contributed by atoms with Gasteiger partial charge in [-0.2, -0.15) is 0 Å². The van der Waals surface area contributed by atoms with Crippen LogP contribution in [0.15, 0.2) is 84.9 Å². The molecule has 4 amide bonds. The second-order valence-corrected chi connectivity index (χ2v) is 11.4. The van der Waals surface area contributed by atoms with Crippen molar-refractivity contribution >= 4 is 23.6 Å². The summed E-state index contributed by atoms with van der Waals surface area (Å²) in [6.07, 6.45) is 1.82. The number of likely N-dealkylation sites (N-methyl/N-ethyl adjacent to an activating group) is 1. The highest BCUT2D eigenvalue weighted by molar-refractivity contribution is 5.95. The average molecular weight is 600 g/mol. The molecule has 5 N–H and O–H groups in total. The minimum Gasteiger partial charge on any atom is -0.508 e. The molecule has 10 heteroatoms. The maximum Gasteiger partial charge on any atom is 0.244 e. The van der Waals surface area contributed by atoms with Crippen molar-refractivity contribution in [1.29, 1.82) is 0 Å². The van der Waals surface area contributed by atoms with Crippen molar-refractivity contribution in [3.8, 4) is 5.75 Å². The van der Waals surface area contributed by atoms with E-state index >= 15 is 0 Å². The first-order valence-corrected chi connectivity index (χ1v) is 14.9. The number of hydrogen-bond donors (Lipinski definition) is 4. The lowest BCUT2D eigenvalue weighted by atomic mass is 10.0. The van der Waals surface area contributed by atoms with Crippen LogP contribution >= 0.6 is 0 Å². The number of carbonyl (C=O) groups is 4. The van der Waals surface area contributed by atoms with Crippen LogP contribution < -0.4 is 16.4 Å². The number of nitrogens with two attached hydrogens (primary N) is 1. The van der Waals surface area contributed by atoms with Gasteiger partial charge in [0.25, 0.3) is 0 Å². The molecule has 232 valence electrons. The van der Waals surface area contributed by atoms with E-state index in [2.05, 4.69) is 10.6 Å². The number of phenols is 1. The summed E-state index contributed by atoms with van der Waals surface area (Å²) in [4.78, 5) is 56.8. The van der Waals surface area contributed by atoms with Crippen molar-refractivity contribution in [3.05, 3.63) is 102 Å². The molecule has 4 unspecified atom stereocenters. The van der Waals surface area contributed by atoms with Crippen LogP contribution in [0.5, 0.6) is 5.75 Å².